The number of aromatic nitrogens is 1. The quantitative estimate of drug-likeness (QED) is 0.456. The van der Waals surface area contributed by atoms with Gasteiger partial charge in [0.15, 0.2) is 5.78 Å². The number of carbonyl (C=O) groups excluding carboxylic acids is 2. The molecule has 0 aliphatic carbocycles. The first-order valence-corrected chi connectivity index (χ1v) is 7.13. The van der Waals surface area contributed by atoms with Gasteiger partial charge in [-0.3, -0.25) is 9.59 Å². The van der Waals surface area contributed by atoms with Crippen LogP contribution in [-0.4, -0.2) is 28.6 Å². The first kappa shape index (κ1) is 16.6. The van der Waals surface area contributed by atoms with Crippen molar-refractivity contribution in [3.05, 3.63) is 29.8 Å². The third-order valence-corrected chi connectivity index (χ3v) is 3.17. The van der Waals surface area contributed by atoms with E-state index in [9.17, 15) is 14.0 Å². The van der Waals surface area contributed by atoms with E-state index in [2.05, 4.69) is 17.2 Å². The van der Waals surface area contributed by atoms with E-state index in [1.165, 1.54) is 12.3 Å². The zero-order valence-electron chi connectivity index (χ0n) is 11.4. The van der Waals surface area contributed by atoms with Crippen molar-refractivity contribution in [1.29, 1.82) is 0 Å². The summed E-state index contributed by atoms with van der Waals surface area (Å²) in [6.07, 6.45) is 4.57. The van der Waals surface area contributed by atoms with Gasteiger partial charge in [-0.25, -0.2) is 4.98 Å². The van der Waals surface area contributed by atoms with Crippen molar-refractivity contribution in [3.63, 3.8) is 0 Å². The number of amides is 1. The van der Waals surface area contributed by atoms with Crippen molar-refractivity contribution >= 4 is 23.3 Å². The molecule has 0 aromatic carbocycles. The van der Waals surface area contributed by atoms with E-state index in [-0.39, 0.29) is 17.2 Å². The van der Waals surface area contributed by atoms with Gasteiger partial charge in [0.05, 0.1) is 11.9 Å². The molecule has 0 aliphatic heterocycles. The topological polar surface area (TPSA) is 59.1 Å². The van der Waals surface area contributed by atoms with E-state index >= 15 is 0 Å². The number of pyridine rings is 1. The van der Waals surface area contributed by atoms with Crippen LogP contribution in [0.2, 0.25) is 0 Å². The van der Waals surface area contributed by atoms with Gasteiger partial charge in [-0.15, -0.1) is 11.6 Å². The number of rotatable bonds is 8. The largest absolute Gasteiger partial charge is 0.342 e. The molecule has 1 aromatic rings. The lowest BCUT2D eigenvalue weighted by Crippen LogP contribution is -2.41. The van der Waals surface area contributed by atoms with Crippen LogP contribution >= 0.6 is 11.6 Å². The predicted octanol–water partition coefficient (Wildman–Crippen LogP) is 2.71. The Balaban J connectivity index is 2.68. The third kappa shape index (κ3) is 5.25. The monoisotopic (exact) mass is 300 g/mol. The average Bonchev–Trinajstić information content (AvgIpc) is 2.45. The van der Waals surface area contributed by atoms with Gasteiger partial charge in [-0.2, -0.15) is 4.39 Å². The summed E-state index contributed by atoms with van der Waals surface area (Å²) in [7, 11) is 0. The Kier molecular flexibility index (Phi) is 7.15. The fourth-order valence-corrected chi connectivity index (χ4v) is 1.98. The summed E-state index contributed by atoms with van der Waals surface area (Å²) in [4.78, 5) is 27.0. The van der Waals surface area contributed by atoms with Gasteiger partial charge >= 0.3 is 0 Å². The second kappa shape index (κ2) is 8.64. The number of nitrogens with zero attached hydrogens (tertiary/aromatic N) is 1. The van der Waals surface area contributed by atoms with Crippen LogP contribution in [0.5, 0.6) is 0 Å². The molecule has 0 unspecified atom stereocenters. The molecule has 1 amide bonds. The number of hydrogen-bond acceptors (Lipinski definition) is 3. The summed E-state index contributed by atoms with van der Waals surface area (Å²) in [5.74, 6) is -1.61. The highest BCUT2D eigenvalue weighted by molar-refractivity contribution is 6.28. The molecule has 1 aromatic heterocycles. The number of halogens is 2. The van der Waals surface area contributed by atoms with Crippen molar-refractivity contribution in [2.75, 3.05) is 5.88 Å². The molecule has 0 fully saturated rings. The summed E-state index contributed by atoms with van der Waals surface area (Å²) in [5.41, 5.74) is 0.139. The van der Waals surface area contributed by atoms with Crippen LogP contribution in [0, 0.1) is 5.95 Å². The van der Waals surface area contributed by atoms with Gasteiger partial charge in [0.1, 0.15) is 0 Å². The molecular weight excluding hydrogens is 283 g/mol. The average molecular weight is 301 g/mol. The van der Waals surface area contributed by atoms with Crippen molar-refractivity contribution < 1.29 is 14.0 Å². The molecule has 0 spiro atoms. The lowest BCUT2D eigenvalue weighted by Gasteiger charge is -2.16. The van der Waals surface area contributed by atoms with Crippen LogP contribution in [0.25, 0.3) is 0 Å². The second-order valence-electron chi connectivity index (χ2n) is 4.49. The number of alkyl halides is 1. The Labute approximate surface area is 122 Å². The number of nitrogens with one attached hydrogen (secondary N) is 1. The first-order chi connectivity index (χ1) is 9.58. The van der Waals surface area contributed by atoms with Crippen LogP contribution in [0.15, 0.2) is 18.3 Å². The van der Waals surface area contributed by atoms with Gasteiger partial charge in [0, 0.05) is 17.8 Å². The summed E-state index contributed by atoms with van der Waals surface area (Å²) in [6.45, 7) is 2.05. The summed E-state index contributed by atoms with van der Waals surface area (Å²) >= 11 is 5.54. The maximum Gasteiger partial charge on any atom is 0.252 e. The summed E-state index contributed by atoms with van der Waals surface area (Å²) in [5, 5.41) is 2.60. The Morgan fingerprint density at radius 2 is 2.20 bits per heavy atom. The van der Waals surface area contributed by atoms with E-state index in [0.717, 1.165) is 25.3 Å². The van der Waals surface area contributed by atoms with E-state index in [1.807, 2.05) is 0 Å². The Bertz CT molecular complexity index is 468. The number of carbonyl (C=O) groups is 2. The molecular formula is C14H18ClFN2O2. The van der Waals surface area contributed by atoms with Crippen LogP contribution in [-0.2, 0) is 4.79 Å². The molecule has 1 heterocycles. The lowest BCUT2D eigenvalue weighted by molar-refractivity contribution is -0.118. The lowest BCUT2D eigenvalue weighted by atomic mass is 10.0. The molecule has 1 N–H and O–H groups in total. The first-order valence-electron chi connectivity index (χ1n) is 6.59. The Morgan fingerprint density at radius 1 is 1.45 bits per heavy atom. The highest BCUT2D eigenvalue weighted by Crippen LogP contribution is 2.07. The molecule has 0 radical (unpaired) electrons. The summed E-state index contributed by atoms with van der Waals surface area (Å²) in [6, 6.07) is 1.80. The van der Waals surface area contributed by atoms with Crippen molar-refractivity contribution in [2.24, 2.45) is 0 Å². The highest BCUT2D eigenvalue weighted by atomic mass is 35.5. The smallest absolute Gasteiger partial charge is 0.252 e. The number of Topliss-reactive ketones (excluding diaryl/α,β-unsaturated/α-hetero) is 1. The minimum Gasteiger partial charge on any atom is -0.342 e. The van der Waals surface area contributed by atoms with E-state index in [4.69, 9.17) is 11.6 Å². The maximum absolute atomic E-state index is 13.0. The van der Waals surface area contributed by atoms with Gasteiger partial charge in [0.25, 0.3) is 5.91 Å². The van der Waals surface area contributed by atoms with Crippen LogP contribution < -0.4 is 5.32 Å². The van der Waals surface area contributed by atoms with E-state index < -0.39 is 17.9 Å². The predicted molar refractivity (Wildman–Crippen MR) is 75.3 cm³/mol. The van der Waals surface area contributed by atoms with Gasteiger partial charge in [0.2, 0.25) is 5.95 Å². The summed E-state index contributed by atoms with van der Waals surface area (Å²) < 4.78 is 13.0. The molecule has 1 rings (SSSR count). The SMILES string of the molecule is CCCCC[C@H](NC(=O)c1ccnc(F)c1)C(=O)CCl. The van der Waals surface area contributed by atoms with E-state index in [0.29, 0.717) is 6.42 Å². The Hall–Kier alpha value is -1.49. The molecule has 0 bridgehead atoms. The molecule has 0 saturated heterocycles. The standard InChI is InChI=1S/C14H18ClFN2O2/c1-2-3-4-5-11(12(19)9-15)18-14(20)10-6-7-17-13(16)8-10/h6-8,11H,2-5,9H2,1H3,(H,18,20)/t11-/m0/s1. The molecule has 1 atom stereocenters. The van der Waals surface area contributed by atoms with Crippen molar-refractivity contribution in [1.82, 2.24) is 10.3 Å². The number of unbranched alkanes of at least 4 members (excludes halogenated alkanes) is 2. The molecule has 110 valence electrons. The fourth-order valence-electron chi connectivity index (χ4n) is 1.79. The van der Waals surface area contributed by atoms with Gasteiger partial charge < -0.3 is 5.32 Å². The molecule has 6 heteroatoms. The van der Waals surface area contributed by atoms with Gasteiger partial charge in [-0.1, -0.05) is 26.2 Å². The van der Waals surface area contributed by atoms with Crippen molar-refractivity contribution in [3.8, 4) is 0 Å². The van der Waals surface area contributed by atoms with Crippen LogP contribution in [0.1, 0.15) is 43.0 Å². The maximum atomic E-state index is 13.0. The van der Waals surface area contributed by atoms with Crippen molar-refractivity contribution in [2.45, 2.75) is 38.6 Å². The number of ketones is 1. The Morgan fingerprint density at radius 3 is 2.80 bits per heavy atom. The minimum absolute atomic E-state index is 0.139. The van der Waals surface area contributed by atoms with Gasteiger partial charge in [-0.05, 0) is 12.5 Å². The zero-order chi connectivity index (χ0) is 15.0. The second-order valence-corrected chi connectivity index (χ2v) is 4.76. The molecule has 20 heavy (non-hydrogen) atoms. The van der Waals surface area contributed by atoms with E-state index in [1.54, 1.807) is 0 Å². The van der Waals surface area contributed by atoms with Crippen LogP contribution in [0.3, 0.4) is 0 Å². The molecule has 0 saturated carbocycles. The van der Waals surface area contributed by atoms with Crippen LogP contribution in [0.4, 0.5) is 4.39 Å². The fraction of sp³-hybridized carbons (Fsp3) is 0.500. The number of hydrogen-bond donors (Lipinski definition) is 1. The highest BCUT2D eigenvalue weighted by Gasteiger charge is 2.20. The molecule has 4 nitrogen and oxygen atoms in total. The normalized spacial score (nSPS) is 11.9. The molecule has 0 aliphatic rings. The zero-order valence-corrected chi connectivity index (χ0v) is 12.1. The third-order valence-electron chi connectivity index (χ3n) is 2.91. The minimum atomic E-state index is -0.733.